The van der Waals surface area contributed by atoms with E-state index in [0.717, 1.165) is 19.5 Å². The van der Waals surface area contributed by atoms with E-state index in [2.05, 4.69) is 47.3 Å². The van der Waals surface area contributed by atoms with Gasteiger partial charge in [0.05, 0.1) is 12.2 Å². The van der Waals surface area contributed by atoms with Gasteiger partial charge in [-0.25, -0.2) is 0 Å². The van der Waals surface area contributed by atoms with Crippen LogP contribution in [0.5, 0.6) is 0 Å². The highest BCUT2D eigenvalue weighted by molar-refractivity contribution is 8.17. The van der Waals surface area contributed by atoms with Gasteiger partial charge in [0.15, 0.2) is 5.17 Å². The zero-order valence-corrected chi connectivity index (χ0v) is 13.3. The molecule has 0 radical (unpaired) electrons. The quantitative estimate of drug-likeness (QED) is 0.798. The molecule has 3 heterocycles. The number of allylic oxidation sites excluding steroid dienone is 1. The summed E-state index contributed by atoms with van der Waals surface area (Å²) in [5.74, 6) is 0. The van der Waals surface area contributed by atoms with Crippen LogP contribution >= 0.6 is 23.1 Å². The van der Waals surface area contributed by atoms with Crippen molar-refractivity contribution in [1.82, 2.24) is 4.90 Å². The Morgan fingerprint density at radius 3 is 3.10 bits per heavy atom. The average Bonchev–Trinajstić information content (AvgIpc) is 3.12. The highest BCUT2D eigenvalue weighted by Crippen LogP contribution is 2.44. The van der Waals surface area contributed by atoms with Gasteiger partial charge in [0.1, 0.15) is 0 Å². The van der Waals surface area contributed by atoms with Gasteiger partial charge < -0.3 is 4.90 Å². The first kappa shape index (κ1) is 12.5. The fourth-order valence-corrected chi connectivity index (χ4v) is 4.98. The molecule has 0 saturated heterocycles. The number of hydrogen-bond acceptors (Lipinski definition) is 4. The van der Waals surface area contributed by atoms with Crippen LogP contribution in [0.1, 0.15) is 24.5 Å². The van der Waals surface area contributed by atoms with Crippen molar-refractivity contribution < 1.29 is 0 Å². The number of nitrogens with zero attached hydrogens (tertiary/aromatic N) is 2. The minimum atomic E-state index is 0.933. The first-order chi connectivity index (χ1) is 9.78. The number of aryl methyl sites for hydroxylation is 1. The molecule has 2 nitrogen and oxygen atoms in total. The van der Waals surface area contributed by atoms with E-state index in [0.29, 0.717) is 0 Å². The van der Waals surface area contributed by atoms with Gasteiger partial charge in [-0.2, -0.15) is 0 Å². The van der Waals surface area contributed by atoms with E-state index < -0.39 is 0 Å². The van der Waals surface area contributed by atoms with E-state index in [4.69, 9.17) is 0 Å². The van der Waals surface area contributed by atoms with Crippen molar-refractivity contribution in [2.45, 2.75) is 20.3 Å². The van der Waals surface area contributed by atoms with Crippen molar-refractivity contribution in [3.8, 4) is 0 Å². The summed E-state index contributed by atoms with van der Waals surface area (Å²) in [6.45, 7) is 6.42. The minimum Gasteiger partial charge on any atom is -0.318 e. The largest absolute Gasteiger partial charge is 0.318 e. The zero-order valence-electron chi connectivity index (χ0n) is 11.6. The Bertz CT molecular complexity index is 755. The predicted octanol–water partition coefficient (Wildman–Crippen LogP) is 4.71. The summed E-state index contributed by atoms with van der Waals surface area (Å²) in [7, 11) is 0. The van der Waals surface area contributed by atoms with Crippen molar-refractivity contribution >= 4 is 44.0 Å². The first-order valence-electron chi connectivity index (χ1n) is 6.99. The van der Waals surface area contributed by atoms with Crippen molar-refractivity contribution in [3.63, 3.8) is 0 Å². The lowest BCUT2D eigenvalue weighted by atomic mass is 10.0. The maximum atomic E-state index is 4.61. The Morgan fingerprint density at radius 1 is 1.35 bits per heavy atom. The lowest BCUT2D eigenvalue weighted by molar-refractivity contribution is 0.646. The molecule has 2 aromatic rings. The summed E-state index contributed by atoms with van der Waals surface area (Å²) in [5.41, 5.74) is 4.12. The second kappa shape index (κ2) is 4.64. The molecule has 4 rings (SSSR count). The summed E-state index contributed by atoms with van der Waals surface area (Å²) in [6.07, 6.45) is 1.08. The maximum absolute atomic E-state index is 4.61. The number of fused-ring (bicyclic) bond motifs is 2. The number of hydrogen-bond donors (Lipinski definition) is 0. The molecule has 0 amide bonds. The van der Waals surface area contributed by atoms with Gasteiger partial charge in [-0.15, -0.1) is 11.3 Å². The van der Waals surface area contributed by atoms with Crippen LogP contribution in [0, 0.1) is 6.92 Å². The van der Waals surface area contributed by atoms with Gasteiger partial charge in [0, 0.05) is 16.1 Å². The second-order valence-electron chi connectivity index (χ2n) is 5.18. The molecular formula is C16H16N2S2. The van der Waals surface area contributed by atoms with E-state index in [9.17, 15) is 0 Å². The monoisotopic (exact) mass is 300 g/mol. The average molecular weight is 300 g/mol. The molecule has 0 spiro atoms. The minimum absolute atomic E-state index is 0.933. The normalized spacial score (nSPS) is 18.1. The Morgan fingerprint density at radius 2 is 2.25 bits per heavy atom. The molecule has 102 valence electrons. The highest BCUT2D eigenvalue weighted by Gasteiger charge is 2.32. The van der Waals surface area contributed by atoms with E-state index in [-0.39, 0.29) is 0 Å². The van der Waals surface area contributed by atoms with Gasteiger partial charge in [-0.1, -0.05) is 18.7 Å². The van der Waals surface area contributed by atoms with Crippen LogP contribution in [-0.2, 0) is 0 Å². The maximum Gasteiger partial charge on any atom is 0.168 e. The molecule has 1 aromatic heterocycles. The lowest BCUT2D eigenvalue weighted by Crippen LogP contribution is -2.20. The molecule has 0 bridgehead atoms. The van der Waals surface area contributed by atoms with Gasteiger partial charge in [-0.05, 0) is 53.4 Å². The molecule has 1 aromatic carbocycles. The number of benzene rings is 1. The van der Waals surface area contributed by atoms with Gasteiger partial charge in [0.25, 0.3) is 0 Å². The Hall–Kier alpha value is -1.26. The Balaban J connectivity index is 1.90. The van der Waals surface area contributed by atoms with Crippen molar-refractivity contribution in [2.24, 2.45) is 4.99 Å². The SMILES string of the molecule is CCC1=C(c2cc(C)c3sccc3c2)N2CCN=C2S1. The molecule has 20 heavy (non-hydrogen) atoms. The van der Waals surface area contributed by atoms with Crippen LogP contribution in [0.3, 0.4) is 0 Å². The van der Waals surface area contributed by atoms with E-state index in [1.165, 1.54) is 37.0 Å². The Labute approximate surface area is 127 Å². The van der Waals surface area contributed by atoms with Crippen LogP contribution in [0.4, 0.5) is 0 Å². The van der Waals surface area contributed by atoms with Crippen molar-refractivity contribution in [2.75, 3.05) is 13.1 Å². The zero-order chi connectivity index (χ0) is 13.7. The molecule has 0 unspecified atom stereocenters. The molecule has 4 heteroatoms. The molecule has 0 saturated carbocycles. The lowest BCUT2D eigenvalue weighted by Gasteiger charge is -2.18. The third kappa shape index (κ3) is 1.75. The topological polar surface area (TPSA) is 15.6 Å². The van der Waals surface area contributed by atoms with Crippen LogP contribution < -0.4 is 0 Å². The molecule has 0 aliphatic carbocycles. The summed E-state index contributed by atoms with van der Waals surface area (Å²) in [4.78, 5) is 8.47. The Kier molecular flexibility index (Phi) is 2.89. The van der Waals surface area contributed by atoms with Gasteiger partial charge >= 0.3 is 0 Å². The molecule has 0 N–H and O–H groups in total. The smallest absolute Gasteiger partial charge is 0.168 e. The fraction of sp³-hybridized carbons (Fsp3) is 0.312. The standard InChI is InChI=1S/C16H16N2S2/c1-3-13-14(18-6-5-17-16(18)20-13)12-8-10(2)15-11(9-12)4-7-19-15/h4,7-9H,3,5-6H2,1-2H3. The molecule has 2 aliphatic heterocycles. The third-order valence-corrected chi connectivity index (χ3v) is 6.21. The van der Waals surface area contributed by atoms with Crippen LogP contribution in [0.25, 0.3) is 15.8 Å². The summed E-state index contributed by atoms with van der Waals surface area (Å²) >= 11 is 3.69. The van der Waals surface area contributed by atoms with Crippen molar-refractivity contribution in [3.05, 3.63) is 39.6 Å². The number of amidine groups is 1. The van der Waals surface area contributed by atoms with Crippen molar-refractivity contribution in [1.29, 1.82) is 0 Å². The van der Waals surface area contributed by atoms with Gasteiger partial charge in [-0.3, -0.25) is 4.99 Å². The number of rotatable bonds is 2. The van der Waals surface area contributed by atoms with E-state index in [1.54, 1.807) is 0 Å². The first-order valence-corrected chi connectivity index (χ1v) is 8.68. The number of aliphatic imine (C=N–C) groups is 1. The third-order valence-electron chi connectivity index (χ3n) is 3.88. The van der Waals surface area contributed by atoms with E-state index >= 15 is 0 Å². The van der Waals surface area contributed by atoms with Crippen LogP contribution in [-0.4, -0.2) is 23.2 Å². The number of thiophene rings is 1. The molecule has 0 fully saturated rings. The van der Waals surface area contributed by atoms with E-state index in [1.807, 2.05) is 23.1 Å². The highest BCUT2D eigenvalue weighted by atomic mass is 32.2. The van der Waals surface area contributed by atoms with Crippen LogP contribution in [0.15, 0.2) is 33.5 Å². The second-order valence-corrected chi connectivity index (χ2v) is 7.15. The predicted molar refractivity (Wildman–Crippen MR) is 90.4 cm³/mol. The summed E-state index contributed by atoms with van der Waals surface area (Å²) < 4.78 is 1.41. The number of thioether (sulfide) groups is 1. The summed E-state index contributed by atoms with van der Waals surface area (Å²) in [6, 6.07) is 6.90. The summed E-state index contributed by atoms with van der Waals surface area (Å²) in [5, 5.41) is 4.74. The molecule has 2 aliphatic rings. The van der Waals surface area contributed by atoms with Gasteiger partial charge in [0.2, 0.25) is 0 Å². The fourth-order valence-electron chi connectivity index (χ4n) is 2.99. The molecule has 0 atom stereocenters. The molecular weight excluding hydrogens is 284 g/mol. The van der Waals surface area contributed by atoms with Crippen LogP contribution in [0.2, 0.25) is 0 Å².